The van der Waals surface area contributed by atoms with E-state index in [1.54, 1.807) is 11.3 Å². The molecule has 0 spiro atoms. The zero-order valence-corrected chi connectivity index (χ0v) is 16.1. The zero-order valence-electron chi connectivity index (χ0n) is 15.3. The molecule has 0 bridgehead atoms. The zero-order chi connectivity index (χ0) is 18.2. The van der Waals surface area contributed by atoms with Crippen molar-refractivity contribution in [3.05, 3.63) is 51.5 Å². The third-order valence-electron chi connectivity index (χ3n) is 3.51. The molecule has 2 rings (SSSR count). The van der Waals surface area contributed by atoms with Gasteiger partial charge < -0.3 is 14.3 Å². The van der Waals surface area contributed by atoms with E-state index < -0.39 is 0 Å². The summed E-state index contributed by atoms with van der Waals surface area (Å²) in [5.74, 6) is 1.72. The summed E-state index contributed by atoms with van der Waals surface area (Å²) in [7, 11) is 1.53. The van der Waals surface area contributed by atoms with Crippen molar-refractivity contribution in [1.29, 1.82) is 0 Å². The highest BCUT2D eigenvalue weighted by molar-refractivity contribution is 7.09. The third-order valence-corrected chi connectivity index (χ3v) is 4.33. The maximum absolute atomic E-state index is 5.99. The van der Waals surface area contributed by atoms with Crippen molar-refractivity contribution in [1.82, 2.24) is 4.98 Å². The number of nitrogens with zero attached hydrogens (tertiary/aromatic N) is 2. The summed E-state index contributed by atoms with van der Waals surface area (Å²) < 4.78 is 11.7. The second-order valence-electron chi connectivity index (χ2n) is 5.54. The topological polar surface area (TPSA) is 52.9 Å². The lowest BCUT2D eigenvalue weighted by Crippen LogP contribution is -2.02. The Labute approximate surface area is 152 Å². The van der Waals surface area contributed by atoms with Crippen LogP contribution < -0.4 is 9.47 Å². The Balaban J connectivity index is 2.04. The van der Waals surface area contributed by atoms with Gasteiger partial charge in [0, 0.05) is 5.38 Å². The molecule has 1 aromatic carbocycles. The minimum atomic E-state index is 0.422. The molecule has 0 fully saturated rings. The first-order valence-corrected chi connectivity index (χ1v) is 8.93. The summed E-state index contributed by atoms with van der Waals surface area (Å²) in [6, 6.07) is 3.99. The number of ether oxygens (including phenoxy) is 2. The number of thiazole rings is 1. The number of benzene rings is 1. The van der Waals surface area contributed by atoms with E-state index in [0.717, 1.165) is 39.0 Å². The van der Waals surface area contributed by atoms with Crippen molar-refractivity contribution in [3.63, 3.8) is 0 Å². The van der Waals surface area contributed by atoms with Crippen LogP contribution in [-0.4, -0.2) is 24.4 Å². The second kappa shape index (κ2) is 9.22. The lowest BCUT2D eigenvalue weighted by molar-refractivity contribution is 0.213. The highest BCUT2D eigenvalue weighted by Gasteiger charge is 2.10. The lowest BCUT2D eigenvalue weighted by Gasteiger charge is -2.13. The first kappa shape index (κ1) is 19.0. The van der Waals surface area contributed by atoms with E-state index in [4.69, 9.17) is 14.3 Å². The van der Waals surface area contributed by atoms with Crippen LogP contribution in [0.3, 0.4) is 0 Å². The van der Waals surface area contributed by atoms with E-state index in [1.165, 1.54) is 7.11 Å². The maximum atomic E-state index is 5.99. The minimum Gasteiger partial charge on any atom is -0.490 e. The van der Waals surface area contributed by atoms with E-state index in [0.29, 0.717) is 13.2 Å². The number of hydrogen-bond acceptors (Lipinski definition) is 6. The fourth-order valence-electron chi connectivity index (χ4n) is 2.32. The molecule has 0 atom stereocenters. The molecule has 0 radical (unpaired) electrons. The van der Waals surface area contributed by atoms with Crippen LogP contribution >= 0.6 is 11.3 Å². The summed E-state index contributed by atoms with van der Waals surface area (Å²) in [5, 5.41) is 6.75. The van der Waals surface area contributed by atoms with Crippen molar-refractivity contribution in [2.24, 2.45) is 5.16 Å². The molecule has 0 aliphatic carbocycles. The predicted molar refractivity (Wildman–Crippen MR) is 102 cm³/mol. The van der Waals surface area contributed by atoms with Crippen molar-refractivity contribution >= 4 is 17.0 Å². The van der Waals surface area contributed by atoms with E-state index in [2.05, 4.69) is 10.1 Å². The highest BCUT2D eigenvalue weighted by Crippen LogP contribution is 2.29. The smallest absolute Gasteiger partial charge is 0.140 e. The molecule has 134 valence electrons. The Morgan fingerprint density at radius 2 is 1.96 bits per heavy atom. The van der Waals surface area contributed by atoms with Crippen LogP contribution in [0.2, 0.25) is 0 Å². The van der Waals surface area contributed by atoms with Crippen LogP contribution in [0.15, 0.2) is 34.8 Å². The Bertz CT molecular complexity index is 743. The van der Waals surface area contributed by atoms with Crippen LogP contribution in [-0.2, 0) is 11.4 Å². The molecule has 0 N–H and O–H groups in total. The van der Waals surface area contributed by atoms with Crippen LogP contribution in [0.5, 0.6) is 11.5 Å². The van der Waals surface area contributed by atoms with E-state index in [-0.39, 0.29) is 0 Å². The number of rotatable bonds is 8. The summed E-state index contributed by atoms with van der Waals surface area (Å²) >= 11 is 1.55. The van der Waals surface area contributed by atoms with Gasteiger partial charge in [-0.25, -0.2) is 4.98 Å². The van der Waals surface area contributed by atoms with Gasteiger partial charge in [-0.05, 0) is 51.0 Å². The molecule has 0 unspecified atom stereocenters. The van der Waals surface area contributed by atoms with Gasteiger partial charge in [0.2, 0.25) is 0 Å². The second-order valence-corrected chi connectivity index (χ2v) is 6.48. The van der Waals surface area contributed by atoms with Crippen molar-refractivity contribution < 1.29 is 14.3 Å². The fraction of sp³-hybridized carbons (Fsp3) is 0.368. The van der Waals surface area contributed by atoms with Gasteiger partial charge in [-0.2, -0.15) is 0 Å². The van der Waals surface area contributed by atoms with Gasteiger partial charge in [0.05, 0.1) is 5.69 Å². The average molecular weight is 360 g/mol. The van der Waals surface area contributed by atoms with Gasteiger partial charge >= 0.3 is 0 Å². The summed E-state index contributed by atoms with van der Waals surface area (Å²) in [6.07, 6.45) is 3.95. The number of aryl methyl sites for hydroxylation is 2. The van der Waals surface area contributed by atoms with Crippen molar-refractivity contribution in [2.45, 2.75) is 34.3 Å². The van der Waals surface area contributed by atoms with E-state index >= 15 is 0 Å². The van der Waals surface area contributed by atoms with Gasteiger partial charge in [-0.1, -0.05) is 17.3 Å². The molecule has 1 aromatic heterocycles. The highest BCUT2D eigenvalue weighted by atomic mass is 32.1. The third kappa shape index (κ3) is 5.32. The summed E-state index contributed by atoms with van der Waals surface area (Å²) in [4.78, 5) is 9.30. The van der Waals surface area contributed by atoms with Gasteiger partial charge in [-0.3, -0.25) is 0 Å². The maximum Gasteiger partial charge on any atom is 0.140 e. The lowest BCUT2D eigenvalue weighted by atomic mass is 10.1. The molecule has 0 amide bonds. The van der Waals surface area contributed by atoms with Crippen molar-refractivity contribution in [2.75, 3.05) is 13.7 Å². The number of aromatic nitrogens is 1. The molecule has 1 heterocycles. The van der Waals surface area contributed by atoms with Gasteiger partial charge in [0.15, 0.2) is 0 Å². The predicted octanol–water partition coefficient (Wildman–Crippen LogP) is 4.66. The molecule has 5 nitrogen and oxygen atoms in total. The molecule has 0 aliphatic heterocycles. The number of allylic oxidation sites excluding steroid dienone is 1. The quantitative estimate of drug-likeness (QED) is 0.390. The number of hydrogen-bond donors (Lipinski definition) is 0. The van der Waals surface area contributed by atoms with Crippen molar-refractivity contribution in [3.8, 4) is 11.5 Å². The first-order valence-electron chi connectivity index (χ1n) is 8.05. The van der Waals surface area contributed by atoms with Crippen LogP contribution in [0.4, 0.5) is 0 Å². The van der Waals surface area contributed by atoms with E-state index in [9.17, 15) is 0 Å². The monoisotopic (exact) mass is 360 g/mol. The molecule has 0 saturated carbocycles. The normalized spacial score (nSPS) is 11.8. The summed E-state index contributed by atoms with van der Waals surface area (Å²) in [5.41, 5.74) is 3.65. The summed E-state index contributed by atoms with van der Waals surface area (Å²) in [6.45, 7) is 8.87. The van der Waals surface area contributed by atoms with E-state index in [1.807, 2.05) is 57.4 Å². The van der Waals surface area contributed by atoms with Gasteiger partial charge in [-0.15, -0.1) is 11.3 Å². The fourth-order valence-corrected chi connectivity index (χ4v) is 3.07. The average Bonchev–Trinajstić information content (AvgIpc) is 3.04. The van der Waals surface area contributed by atoms with Gasteiger partial charge in [0.1, 0.15) is 42.5 Å². The molecular formula is C19H24N2O3S. The van der Waals surface area contributed by atoms with Crippen LogP contribution in [0.25, 0.3) is 0 Å². The first-order chi connectivity index (χ1) is 12.0. The van der Waals surface area contributed by atoms with Gasteiger partial charge in [0.25, 0.3) is 0 Å². The minimum absolute atomic E-state index is 0.422. The largest absolute Gasteiger partial charge is 0.490 e. The van der Waals surface area contributed by atoms with Crippen LogP contribution in [0.1, 0.15) is 35.7 Å². The number of oxime groups is 1. The molecule has 0 saturated heterocycles. The van der Waals surface area contributed by atoms with Crippen LogP contribution in [0, 0.1) is 13.8 Å². The molecule has 25 heavy (non-hydrogen) atoms. The molecule has 2 aromatic rings. The Morgan fingerprint density at radius 1 is 1.24 bits per heavy atom. The standard InChI is InChI=1S/C19H24N2O3S/c1-6-7-8-23-16-9-13(2)19(14(3)10-16)24-11-18-20-17(12-25-18)15(4)21-22-5/h6-7,9-10,12H,8,11H2,1-5H3/b7-6+,21-15?. The molecule has 0 aliphatic rings. The SMILES string of the molecule is C/C=C/COc1cc(C)c(OCc2nc(C(C)=NOC)cs2)c(C)c1. The Kier molecular flexibility index (Phi) is 7.01. The molecular weight excluding hydrogens is 336 g/mol. The Morgan fingerprint density at radius 3 is 2.60 bits per heavy atom. The Hall–Kier alpha value is -2.34. The molecule has 6 heteroatoms.